The van der Waals surface area contributed by atoms with E-state index in [0.717, 1.165) is 23.2 Å². The second kappa shape index (κ2) is 9.58. The van der Waals surface area contributed by atoms with E-state index in [1.54, 1.807) is 20.2 Å². The molecule has 0 radical (unpaired) electrons. The predicted octanol–water partition coefficient (Wildman–Crippen LogP) is 1.85. The zero-order chi connectivity index (χ0) is 29.3. The number of amides is 1. The van der Waals surface area contributed by atoms with Crippen LogP contribution in [0.2, 0.25) is 0 Å². The average molecular weight is 548 g/mol. The van der Waals surface area contributed by atoms with Crippen LogP contribution < -0.4 is 5.73 Å². The highest BCUT2D eigenvalue weighted by molar-refractivity contribution is 6.24. The fraction of sp³-hybridized carbons (Fsp3) is 0.367. The van der Waals surface area contributed by atoms with Crippen molar-refractivity contribution in [3.8, 4) is 16.9 Å². The van der Waals surface area contributed by atoms with Gasteiger partial charge in [-0.1, -0.05) is 30.3 Å². The van der Waals surface area contributed by atoms with Crippen LogP contribution in [0, 0.1) is 11.8 Å². The molecule has 3 aliphatic carbocycles. The van der Waals surface area contributed by atoms with Gasteiger partial charge in [0.2, 0.25) is 5.78 Å². The molecule has 10 heteroatoms. The van der Waals surface area contributed by atoms with Crippen molar-refractivity contribution in [2.75, 3.05) is 28.2 Å². The van der Waals surface area contributed by atoms with E-state index < -0.39 is 58.0 Å². The maximum atomic E-state index is 13.9. The van der Waals surface area contributed by atoms with Crippen molar-refractivity contribution in [2.45, 2.75) is 31.0 Å². The zero-order valence-corrected chi connectivity index (χ0v) is 22.8. The number of hydrogen-bond donors (Lipinski definition) is 5. The summed E-state index contributed by atoms with van der Waals surface area (Å²) in [7, 11) is 7.16. The van der Waals surface area contributed by atoms with Gasteiger partial charge in [-0.3, -0.25) is 19.3 Å². The summed E-state index contributed by atoms with van der Waals surface area (Å²) in [5.74, 6) is -6.63. The number of allylic oxidation sites excluding steroid dienone is 1. The van der Waals surface area contributed by atoms with Gasteiger partial charge in [-0.15, -0.1) is 0 Å². The topological polar surface area (TPSA) is 165 Å². The van der Waals surface area contributed by atoms with Gasteiger partial charge in [-0.05, 0) is 75.3 Å². The van der Waals surface area contributed by atoms with Crippen molar-refractivity contribution in [2.24, 2.45) is 17.6 Å². The van der Waals surface area contributed by atoms with Crippen LogP contribution >= 0.6 is 0 Å². The lowest BCUT2D eigenvalue weighted by Crippen LogP contribution is -2.63. The molecule has 0 aromatic heterocycles. The first-order valence-corrected chi connectivity index (χ1v) is 13.0. The zero-order valence-electron chi connectivity index (χ0n) is 22.8. The molecule has 0 bridgehead atoms. The number of carbonyl (C=O) groups is 3. The number of phenolic OH excluding ortho intramolecular Hbond substituents is 1. The quantitative estimate of drug-likeness (QED) is 0.351. The molecule has 2 aromatic carbocycles. The molecule has 3 aliphatic rings. The second-order valence-electron chi connectivity index (χ2n) is 11.4. The molecule has 0 saturated carbocycles. The number of Topliss-reactive ketones (excluding diaryl/α,β-unsaturated/α-hetero) is 2. The third kappa shape index (κ3) is 3.94. The number of nitrogens with zero attached hydrogens (tertiary/aromatic N) is 2. The molecule has 0 spiro atoms. The summed E-state index contributed by atoms with van der Waals surface area (Å²) >= 11 is 0. The van der Waals surface area contributed by atoms with Gasteiger partial charge < -0.3 is 31.1 Å². The monoisotopic (exact) mass is 547 g/mol. The standard InChI is InChI=1S/C30H33N3O7/c1-32(2)13-14-5-7-15(8-6-14)17-9-10-20(34)22-18(17)11-16-12-19-24(33(3)4)26(36)23(29(31)39)28(38)30(19,40)27(37)21(16)25(22)35/h5-10,16,19,24,34,36-37,40H,11-13H2,1-4H3,(H2,31,39)/t16-,19-,24?,30+/m1/s1. The van der Waals surface area contributed by atoms with Crippen LogP contribution in [-0.2, 0) is 22.6 Å². The molecule has 0 aliphatic heterocycles. The Balaban J connectivity index is 1.66. The van der Waals surface area contributed by atoms with Crippen LogP contribution in [0.15, 0.2) is 59.1 Å². The van der Waals surface area contributed by atoms with E-state index in [2.05, 4.69) is 4.90 Å². The van der Waals surface area contributed by atoms with Crippen LogP contribution in [-0.4, -0.2) is 87.5 Å². The van der Waals surface area contributed by atoms with Gasteiger partial charge in [0, 0.05) is 18.0 Å². The first kappa shape index (κ1) is 27.6. The summed E-state index contributed by atoms with van der Waals surface area (Å²) in [5, 5.41) is 44.8. The highest BCUT2D eigenvalue weighted by atomic mass is 16.3. The molecule has 0 heterocycles. The lowest BCUT2D eigenvalue weighted by atomic mass is 9.58. The van der Waals surface area contributed by atoms with Crippen molar-refractivity contribution >= 4 is 17.5 Å². The normalized spacial score (nSPS) is 26.2. The first-order valence-electron chi connectivity index (χ1n) is 13.0. The third-order valence-electron chi connectivity index (χ3n) is 8.37. The number of benzene rings is 2. The van der Waals surface area contributed by atoms with Gasteiger partial charge >= 0.3 is 0 Å². The summed E-state index contributed by atoms with van der Waals surface area (Å²) in [5.41, 5.74) is 5.03. The molecular weight excluding hydrogens is 514 g/mol. The summed E-state index contributed by atoms with van der Waals surface area (Å²) in [4.78, 5) is 43.0. The number of likely N-dealkylation sites (N-methyl/N-ethyl adjacent to an activating group) is 1. The number of aliphatic hydroxyl groups excluding tert-OH is 2. The molecule has 2 aromatic rings. The number of hydrogen-bond acceptors (Lipinski definition) is 9. The van der Waals surface area contributed by atoms with E-state index in [1.807, 2.05) is 38.4 Å². The minimum atomic E-state index is -2.65. The Bertz CT molecular complexity index is 1510. The highest BCUT2D eigenvalue weighted by Gasteiger charge is 2.63. The fourth-order valence-electron chi connectivity index (χ4n) is 6.68. The minimum absolute atomic E-state index is 0.00403. The van der Waals surface area contributed by atoms with Crippen LogP contribution in [0.4, 0.5) is 0 Å². The summed E-state index contributed by atoms with van der Waals surface area (Å²) < 4.78 is 0. The first-order chi connectivity index (χ1) is 18.8. The Morgan fingerprint density at radius 2 is 1.68 bits per heavy atom. The van der Waals surface area contributed by atoms with E-state index in [0.29, 0.717) is 5.56 Å². The van der Waals surface area contributed by atoms with Crippen LogP contribution in [0.3, 0.4) is 0 Å². The maximum Gasteiger partial charge on any atom is 0.255 e. The maximum absolute atomic E-state index is 13.9. The van der Waals surface area contributed by atoms with Crippen LogP contribution in [0.5, 0.6) is 5.75 Å². The van der Waals surface area contributed by atoms with Gasteiger partial charge in [0.1, 0.15) is 22.8 Å². The molecule has 6 N–H and O–H groups in total. The Labute approximate surface area is 231 Å². The molecule has 0 saturated heterocycles. The molecule has 10 nitrogen and oxygen atoms in total. The van der Waals surface area contributed by atoms with Crippen LogP contribution in [0.25, 0.3) is 11.1 Å². The van der Waals surface area contributed by atoms with Crippen molar-refractivity contribution in [1.82, 2.24) is 9.80 Å². The largest absolute Gasteiger partial charge is 0.510 e. The van der Waals surface area contributed by atoms with E-state index in [-0.39, 0.29) is 29.7 Å². The van der Waals surface area contributed by atoms with Gasteiger partial charge in [-0.25, -0.2) is 0 Å². The van der Waals surface area contributed by atoms with E-state index >= 15 is 0 Å². The number of carbonyl (C=O) groups excluding carboxylic acids is 3. The fourth-order valence-corrected chi connectivity index (χ4v) is 6.68. The van der Waals surface area contributed by atoms with E-state index in [9.17, 15) is 34.8 Å². The summed E-state index contributed by atoms with van der Waals surface area (Å²) in [6.07, 6.45) is 0.278. The average Bonchev–Trinajstić information content (AvgIpc) is 2.86. The second-order valence-corrected chi connectivity index (χ2v) is 11.4. The number of rotatable bonds is 5. The smallest absolute Gasteiger partial charge is 0.255 e. The Kier molecular flexibility index (Phi) is 6.60. The van der Waals surface area contributed by atoms with Crippen molar-refractivity contribution < 1.29 is 34.8 Å². The van der Waals surface area contributed by atoms with E-state index in [4.69, 9.17) is 5.73 Å². The van der Waals surface area contributed by atoms with Crippen molar-refractivity contribution in [3.05, 3.63) is 75.8 Å². The van der Waals surface area contributed by atoms with Gasteiger partial charge in [0.15, 0.2) is 11.4 Å². The Morgan fingerprint density at radius 3 is 2.25 bits per heavy atom. The number of aromatic hydroxyl groups is 1. The van der Waals surface area contributed by atoms with E-state index in [1.165, 1.54) is 11.0 Å². The Hall–Kier alpha value is -3.99. The minimum Gasteiger partial charge on any atom is -0.510 e. The lowest BCUT2D eigenvalue weighted by molar-refractivity contribution is -0.148. The molecule has 210 valence electrons. The molecule has 1 unspecified atom stereocenters. The van der Waals surface area contributed by atoms with Gasteiger partial charge in [-0.2, -0.15) is 0 Å². The molecule has 1 amide bonds. The van der Waals surface area contributed by atoms with Gasteiger partial charge in [0.05, 0.1) is 11.6 Å². The lowest BCUT2D eigenvalue weighted by Gasteiger charge is -2.50. The van der Waals surface area contributed by atoms with Crippen LogP contribution in [0.1, 0.15) is 27.9 Å². The molecule has 5 rings (SSSR count). The number of phenols is 1. The van der Waals surface area contributed by atoms with Crippen molar-refractivity contribution in [1.29, 1.82) is 0 Å². The molecule has 4 atom stereocenters. The summed E-state index contributed by atoms with van der Waals surface area (Å²) in [6.45, 7) is 0.761. The SMILES string of the molecule is CN(C)Cc1ccc(-c2ccc(O)c3c2C[C@@H]2C[C@@H]4C(N(C)C)C(O)=C(C(N)=O)C(=O)[C@@]4(O)C(O)=C2C3=O)cc1. The number of primary amides is 1. The molecule has 40 heavy (non-hydrogen) atoms. The third-order valence-corrected chi connectivity index (χ3v) is 8.37. The van der Waals surface area contributed by atoms with Crippen molar-refractivity contribution in [3.63, 3.8) is 0 Å². The number of nitrogens with two attached hydrogens (primary N) is 1. The number of fused-ring (bicyclic) bond motifs is 3. The van der Waals surface area contributed by atoms with Gasteiger partial charge in [0.25, 0.3) is 5.91 Å². The predicted molar refractivity (Wildman–Crippen MR) is 147 cm³/mol. The summed E-state index contributed by atoms with van der Waals surface area (Å²) in [6, 6.07) is 10.0. The number of ketones is 2. The highest BCUT2D eigenvalue weighted by Crippen LogP contribution is 2.53. The Morgan fingerprint density at radius 1 is 1.02 bits per heavy atom. The molecule has 0 fully saturated rings. The number of aliphatic hydroxyl groups is 3. The molecular formula is C30H33N3O7.